The third kappa shape index (κ3) is 2.72. The van der Waals surface area contributed by atoms with Gasteiger partial charge in [-0.1, -0.05) is 25.6 Å². The first-order chi connectivity index (χ1) is 6.70. The van der Waals surface area contributed by atoms with Gasteiger partial charge in [0.1, 0.15) is 0 Å². The van der Waals surface area contributed by atoms with E-state index in [1.54, 1.807) is 0 Å². The minimum absolute atomic E-state index is 0.0596. The van der Waals surface area contributed by atoms with Crippen molar-refractivity contribution in [2.75, 3.05) is 26.7 Å². The number of carbonyl (C=O) groups excluding carboxylic acids is 1. The van der Waals surface area contributed by atoms with Crippen LogP contribution in [-0.2, 0) is 4.79 Å². The molecule has 2 saturated heterocycles. The molecule has 2 rings (SSSR count). The summed E-state index contributed by atoms with van der Waals surface area (Å²) in [6.45, 7) is 6.72. The summed E-state index contributed by atoms with van der Waals surface area (Å²) in [5.74, 6) is 0. The molecule has 0 saturated carbocycles. The highest BCUT2D eigenvalue weighted by Gasteiger charge is 2.41. The van der Waals surface area contributed by atoms with E-state index in [2.05, 4.69) is 17.3 Å². The smallest absolute Gasteiger partial charge is 0.204 e. The van der Waals surface area contributed by atoms with Crippen LogP contribution in [0.2, 0.25) is 0 Å². The SMILES string of the molecule is CC.CN1CCCC2(C1)NCC(=O)S2. The monoisotopic (exact) mass is 216 g/mol. The highest BCUT2D eigenvalue weighted by molar-refractivity contribution is 8.15. The summed E-state index contributed by atoms with van der Waals surface area (Å²) in [4.78, 5) is 13.5. The molecule has 4 heteroatoms. The molecule has 1 N–H and O–H groups in total. The fraction of sp³-hybridized carbons (Fsp3) is 0.900. The van der Waals surface area contributed by atoms with Crippen LogP contribution in [0.3, 0.4) is 0 Å². The number of nitrogens with one attached hydrogen (secondary N) is 1. The van der Waals surface area contributed by atoms with Crippen LogP contribution in [0.4, 0.5) is 0 Å². The first kappa shape index (κ1) is 12.0. The summed E-state index contributed by atoms with van der Waals surface area (Å²) in [5.41, 5.74) is 0. The molecule has 0 aromatic carbocycles. The Morgan fingerprint density at radius 2 is 2.21 bits per heavy atom. The number of likely N-dealkylation sites (N-methyl/N-ethyl adjacent to an activating group) is 1. The van der Waals surface area contributed by atoms with Crippen LogP contribution in [0, 0.1) is 0 Å². The number of carbonyl (C=O) groups is 1. The Bertz CT molecular complexity index is 210. The minimum atomic E-state index is 0.0596. The number of nitrogens with zero attached hydrogens (tertiary/aromatic N) is 1. The Labute approximate surface area is 90.6 Å². The molecule has 14 heavy (non-hydrogen) atoms. The molecular formula is C10H20N2OS. The van der Waals surface area contributed by atoms with Crippen molar-refractivity contribution in [2.45, 2.75) is 31.6 Å². The van der Waals surface area contributed by atoms with Crippen molar-refractivity contribution in [3.63, 3.8) is 0 Å². The van der Waals surface area contributed by atoms with Gasteiger partial charge in [0.15, 0.2) is 0 Å². The summed E-state index contributed by atoms with van der Waals surface area (Å²) in [6, 6.07) is 0. The first-order valence-corrected chi connectivity index (χ1v) is 6.17. The van der Waals surface area contributed by atoms with E-state index in [1.807, 2.05) is 13.8 Å². The molecule has 3 nitrogen and oxygen atoms in total. The van der Waals surface area contributed by atoms with Gasteiger partial charge in [0.2, 0.25) is 5.12 Å². The van der Waals surface area contributed by atoms with Crippen molar-refractivity contribution in [3.8, 4) is 0 Å². The van der Waals surface area contributed by atoms with Crippen LogP contribution in [0.25, 0.3) is 0 Å². The van der Waals surface area contributed by atoms with Crippen LogP contribution < -0.4 is 5.32 Å². The van der Waals surface area contributed by atoms with Gasteiger partial charge in [-0.25, -0.2) is 0 Å². The normalized spacial score (nSPS) is 32.9. The molecule has 2 heterocycles. The standard InChI is InChI=1S/C8H14N2OS.C2H6/c1-10-4-2-3-8(6-10)9-5-7(11)12-8;1-2/h9H,2-6H2,1H3;1-2H3. The minimum Gasteiger partial charge on any atom is -0.304 e. The number of hydrogen-bond acceptors (Lipinski definition) is 4. The zero-order chi connectivity index (χ0) is 10.6. The van der Waals surface area contributed by atoms with Gasteiger partial charge in [-0.05, 0) is 26.4 Å². The molecule has 0 bridgehead atoms. The summed E-state index contributed by atoms with van der Waals surface area (Å²) < 4.78 is 0. The second-order valence-electron chi connectivity index (χ2n) is 3.66. The number of likely N-dealkylation sites (tertiary alicyclic amines) is 1. The molecule has 0 aromatic heterocycles. The topological polar surface area (TPSA) is 32.3 Å². The Balaban J connectivity index is 0.000000461. The molecule has 1 spiro atoms. The molecular weight excluding hydrogens is 196 g/mol. The highest BCUT2D eigenvalue weighted by Crippen LogP contribution is 2.35. The van der Waals surface area contributed by atoms with E-state index in [1.165, 1.54) is 18.2 Å². The molecule has 0 aromatic rings. The fourth-order valence-corrected chi connectivity index (χ4v) is 3.24. The quantitative estimate of drug-likeness (QED) is 0.661. The summed E-state index contributed by atoms with van der Waals surface area (Å²) >= 11 is 1.50. The average Bonchev–Trinajstić information content (AvgIpc) is 2.50. The molecule has 1 unspecified atom stereocenters. The second kappa shape index (κ2) is 5.14. The van der Waals surface area contributed by atoms with Gasteiger partial charge in [-0.15, -0.1) is 0 Å². The molecule has 1 atom stereocenters. The average molecular weight is 216 g/mol. The van der Waals surface area contributed by atoms with E-state index in [4.69, 9.17) is 0 Å². The van der Waals surface area contributed by atoms with Gasteiger partial charge in [0.25, 0.3) is 0 Å². The van der Waals surface area contributed by atoms with Crippen molar-refractivity contribution in [2.24, 2.45) is 0 Å². The summed E-state index contributed by atoms with van der Waals surface area (Å²) in [5, 5.41) is 3.62. The van der Waals surface area contributed by atoms with E-state index in [-0.39, 0.29) is 4.87 Å². The predicted octanol–water partition coefficient (Wildman–Crippen LogP) is 1.30. The second-order valence-corrected chi connectivity index (χ2v) is 5.10. The maximum Gasteiger partial charge on any atom is 0.204 e. The van der Waals surface area contributed by atoms with Gasteiger partial charge in [0, 0.05) is 6.54 Å². The lowest BCUT2D eigenvalue weighted by Crippen LogP contribution is -2.50. The van der Waals surface area contributed by atoms with Gasteiger partial charge in [0.05, 0.1) is 11.4 Å². The Kier molecular flexibility index (Phi) is 4.41. The van der Waals surface area contributed by atoms with Crippen LogP contribution >= 0.6 is 11.8 Å². The molecule has 2 fully saturated rings. The molecule has 0 radical (unpaired) electrons. The van der Waals surface area contributed by atoms with E-state index >= 15 is 0 Å². The highest BCUT2D eigenvalue weighted by atomic mass is 32.2. The van der Waals surface area contributed by atoms with Gasteiger partial charge in [-0.2, -0.15) is 0 Å². The maximum absolute atomic E-state index is 11.1. The molecule has 2 aliphatic rings. The fourth-order valence-electron chi connectivity index (χ4n) is 1.98. The van der Waals surface area contributed by atoms with E-state index < -0.39 is 0 Å². The lowest BCUT2D eigenvalue weighted by atomic mass is 10.1. The van der Waals surface area contributed by atoms with Crippen molar-refractivity contribution >= 4 is 16.9 Å². The first-order valence-electron chi connectivity index (χ1n) is 5.36. The largest absolute Gasteiger partial charge is 0.304 e. The number of piperidine rings is 1. The van der Waals surface area contributed by atoms with Gasteiger partial charge < -0.3 is 4.90 Å². The van der Waals surface area contributed by atoms with Crippen molar-refractivity contribution in [1.82, 2.24) is 10.2 Å². The van der Waals surface area contributed by atoms with Crippen LogP contribution in [-0.4, -0.2) is 41.6 Å². The van der Waals surface area contributed by atoms with Gasteiger partial charge in [-0.3, -0.25) is 10.1 Å². The third-order valence-corrected chi connectivity index (χ3v) is 3.75. The number of rotatable bonds is 0. The Morgan fingerprint density at radius 3 is 2.71 bits per heavy atom. The molecule has 2 aliphatic heterocycles. The lowest BCUT2D eigenvalue weighted by Gasteiger charge is -2.37. The summed E-state index contributed by atoms with van der Waals surface area (Å²) in [6.07, 6.45) is 2.33. The molecule has 82 valence electrons. The van der Waals surface area contributed by atoms with Crippen molar-refractivity contribution in [1.29, 1.82) is 0 Å². The molecule has 0 amide bonds. The Morgan fingerprint density at radius 1 is 1.50 bits per heavy atom. The van der Waals surface area contributed by atoms with Gasteiger partial charge >= 0.3 is 0 Å². The van der Waals surface area contributed by atoms with Crippen LogP contribution in [0.5, 0.6) is 0 Å². The maximum atomic E-state index is 11.1. The third-order valence-electron chi connectivity index (χ3n) is 2.51. The zero-order valence-electron chi connectivity index (χ0n) is 9.30. The molecule has 0 aliphatic carbocycles. The van der Waals surface area contributed by atoms with E-state index in [9.17, 15) is 4.79 Å². The number of thioether (sulfide) groups is 1. The van der Waals surface area contributed by atoms with Crippen LogP contribution in [0.1, 0.15) is 26.7 Å². The predicted molar refractivity (Wildman–Crippen MR) is 61.4 cm³/mol. The number of hydrogen-bond donors (Lipinski definition) is 1. The van der Waals surface area contributed by atoms with Crippen molar-refractivity contribution in [3.05, 3.63) is 0 Å². The summed E-state index contributed by atoms with van der Waals surface area (Å²) in [7, 11) is 2.12. The lowest BCUT2D eigenvalue weighted by molar-refractivity contribution is -0.109. The zero-order valence-corrected chi connectivity index (χ0v) is 10.1. The van der Waals surface area contributed by atoms with E-state index in [0.29, 0.717) is 11.7 Å². The van der Waals surface area contributed by atoms with Crippen molar-refractivity contribution < 1.29 is 4.79 Å². The Hall–Kier alpha value is -0.0600. The van der Waals surface area contributed by atoms with E-state index in [0.717, 1.165) is 19.5 Å². The van der Waals surface area contributed by atoms with Crippen LogP contribution in [0.15, 0.2) is 0 Å².